The first kappa shape index (κ1) is 63.6. The van der Waals surface area contributed by atoms with Crippen LogP contribution in [0, 0.1) is 0 Å². The van der Waals surface area contributed by atoms with E-state index in [0.717, 1.165) is 122 Å². The fourth-order valence-corrected chi connectivity index (χ4v) is 7.63. The lowest BCUT2D eigenvalue weighted by atomic mass is 10.1. The van der Waals surface area contributed by atoms with Crippen LogP contribution < -0.4 is 0 Å². The van der Waals surface area contributed by atoms with Gasteiger partial charge in [-0.2, -0.15) is 0 Å². The Morgan fingerprint density at radius 2 is 0.582 bits per heavy atom. The predicted octanol–water partition coefficient (Wildman–Crippen LogP) is 18.8. The Morgan fingerprint density at radius 1 is 0.313 bits per heavy atom. The third-order valence-electron chi connectivity index (χ3n) is 11.9. The first-order valence-electron chi connectivity index (χ1n) is 28.1. The third kappa shape index (κ3) is 53.4. The number of ether oxygens (including phenoxy) is 3. The first-order chi connectivity index (χ1) is 33.0. The summed E-state index contributed by atoms with van der Waals surface area (Å²) in [5.74, 6) is -0.919. The third-order valence-corrected chi connectivity index (χ3v) is 11.9. The van der Waals surface area contributed by atoms with Crippen LogP contribution in [0.1, 0.15) is 265 Å². The summed E-state index contributed by atoms with van der Waals surface area (Å²) in [6.45, 7) is 6.46. The fourth-order valence-electron chi connectivity index (χ4n) is 7.63. The van der Waals surface area contributed by atoms with Crippen molar-refractivity contribution in [2.45, 2.75) is 271 Å². The molecule has 0 unspecified atom stereocenters. The van der Waals surface area contributed by atoms with Crippen LogP contribution in [0.5, 0.6) is 0 Å². The van der Waals surface area contributed by atoms with E-state index in [9.17, 15) is 14.4 Å². The van der Waals surface area contributed by atoms with Crippen LogP contribution in [0.3, 0.4) is 0 Å². The van der Waals surface area contributed by atoms with E-state index in [1.54, 1.807) is 0 Å². The monoisotopic (exact) mass is 933 g/mol. The number of allylic oxidation sites excluding steroid dienone is 14. The Labute approximate surface area is 414 Å². The summed E-state index contributed by atoms with van der Waals surface area (Å²) in [6.07, 6.45) is 71.3. The van der Waals surface area contributed by atoms with Crippen LogP contribution in [0.2, 0.25) is 0 Å². The average Bonchev–Trinajstić information content (AvgIpc) is 3.33. The van der Waals surface area contributed by atoms with Crippen LogP contribution >= 0.6 is 0 Å². The average molecular weight is 933 g/mol. The van der Waals surface area contributed by atoms with Gasteiger partial charge in [-0.15, -0.1) is 0 Å². The van der Waals surface area contributed by atoms with Crippen molar-refractivity contribution in [1.82, 2.24) is 0 Å². The van der Waals surface area contributed by atoms with Gasteiger partial charge in [-0.3, -0.25) is 14.4 Å². The van der Waals surface area contributed by atoms with Crippen molar-refractivity contribution in [3.8, 4) is 0 Å². The lowest BCUT2D eigenvalue weighted by molar-refractivity contribution is -0.167. The molecule has 0 aromatic rings. The van der Waals surface area contributed by atoms with Crippen molar-refractivity contribution in [2.24, 2.45) is 0 Å². The van der Waals surface area contributed by atoms with Crippen molar-refractivity contribution in [1.29, 1.82) is 0 Å². The van der Waals surface area contributed by atoms with E-state index in [1.807, 2.05) is 0 Å². The molecule has 0 radical (unpaired) electrons. The molecule has 0 N–H and O–H groups in total. The molecule has 0 rings (SSSR count). The van der Waals surface area contributed by atoms with Gasteiger partial charge in [-0.1, -0.05) is 215 Å². The molecule has 0 aromatic carbocycles. The van der Waals surface area contributed by atoms with Gasteiger partial charge in [0.15, 0.2) is 6.10 Å². The highest BCUT2D eigenvalue weighted by Gasteiger charge is 2.19. The molecular formula is C61H104O6. The van der Waals surface area contributed by atoms with E-state index < -0.39 is 6.10 Å². The smallest absolute Gasteiger partial charge is 0.306 e. The number of hydrogen-bond acceptors (Lipinski definition) is 6. The van der Waals surface area contributed by atoms with Crippen LogP contribution in [0.4, 0.5) is 0 Å². The molecule has 0 saturated heterocycles. The topological polar surface area (TPSA) is 78.9 Å². The summed E-state index contributed by atoms with van der Waals surface area (Å²) in [5.41, 5.74) is 0. The second-order valence-electron chi connectivity index (χ2n) is 18.5. The summed E-state index contributed by atoms with van der Waals surface area (Å²) < 4.78 is 16.8. The van der Waals surface area contributed by atoms with E-state index >= 15 is 0 Å². The minimum atomic E-state index is -0.793. The molecular weight excluding hydrogens is 829 g/mol. The van der Waals surface area contributed by atoms with Crippen molar-refractivity contribution in [3.63, 3.8) is 0 Å². The molecule has 0 aliphatic heterocycles. The first-order valence-corrected chi connectivity index (χ1v) is 28.1. The van der Waals surface area contributed by atoms with Crippen molar-refractivity contribution >= 4 is 17.9 Å². The van der Waals surface area contributed by atoms with E-state index in [4.69, 9.17) is 14.2 Å². The molecule has 6 nitrogen and oxygen atoms in total. The molecule has 6 heteroatoms. The van der Waals surface area contributed by atoms with Gasteiger partial charge in [0.25, 0.3) is 0 Å². The van der Waals surface area contributed by atoms with Crippen LogP contribution in [0.25, 0.3) is 0 Å². The highest BCUT2D eigenvalue weighted by Crippen LogP contribution is 2.14. The number of unbranched alkanes of at least 4 members (excludes halogenated alkanes) is 25. The maximum atomic E-state index is 12.8. The largest absolute Gasteiger partial charge is 0.462 e. The lowest BCUT2D eigenvalue weighted by Gasteiger charge is -2.18. The number of carbonyl (C=O) groups excluding carboxylic acids is 3. The van der Waals surface area contributed by atoms with Crippen molar-refractivity contribution in [3.05, 3.63) is 85.1 Å². The quantitative estimate of drug-likeness (QED) is 0.0262. The Kier molecular flexibility index (Phi) is 52.4. The molecule has 0 bridgehead atoms. The summed E-state index contributed by atoms with van der Waals surface area (Å²) in [7, 11) is 0. The second-order valence-corrected chi connectivity index (χ2v) is 18.5. The highest BCUT2D eigenvalue weighted by molar-refractivity contribution is 5.71. The molecule has 0 saturated carbocycles. The summed E-state index contributed by atoms with van der Waals surface area (Å²) >= 11 is 0. The molecule has 0 fully saturated rings. The molecule has 0 heterocycles. The highest BCUT2D eigenvalue weighted by atomic mass is 16.6. The van der Waals surface area contributed by atoms with Crippen LogP contribution in [-0.4, -0.2) is 37.2 Å². The zero-order valence-electron chi connectivity index (χ0n) is 43.9. The maximum absolute atomic E-state index is 12.8. The van der Waals surface area contributed by atoms with Crippen LogP contribution in [0.15, 0.2) is 85.1 Å². The minimum Gasteiger partial charge on any atom is -0.462 e. The predicted molar refractivity (Wildman–Crippen MR) is 288 cm³/mol. The lowest BCUT2D eigenvalue weighted by Crippen LogP contribution is -2.30. The minimum absolute atomic E-state index is 0.0906. The second kappa shape index (κ2) is 55.2. The normalized spacial score (nSPS) is 12.3. The van der Waals surface area contributed by atoms with Gasteiger partial charge in [0.05, 0.1) is 0 Å². The standard InChI is InChI=1S/C61H104O6/c1-4-7-10-13-16-19-22-25-28-30-33-35-38-41-44-47-50-53-59(62)65-56-58(67-61(64)55-52-49-46-43-40-37-32-27-24-21-18-15-12-9-6-3)57-66-60(63)54-51-48-45-42-39-36-34-31-29-26-23-20-17-14-11-8-5-2/h9,12,16-21,25-29,32,58H,4-8,10-11,13-15,22-24,30-31,33-57H2,1-3H3/b12-9-,19-16-,20-17-,21-18-,28-25-,29-26-,32-27-. The maximum Gasteiger partial charge on any atom is 0.306 e. The van der Waals surface area contributed by atoms with E-state index in [-0.39, 0.29) is 31.1 Å². The van der Waals surface area contributed by atoms with Crippen LogP contribution in [-0.2, 0) is 28.6 Å². The van der Waals surface area contributed by atoms with Gasteiger partial charge in [0.2, 0.25) is 0 Å². The molecule has 67 heavy (non-hydrogen) atoms. The van der Waals surface area contributed by atoms with Gasteiger partial charge < -0.3 is 14.2 Å². The number of carbonyl (C=O) groups is 3. The molecule has 0 amide bonds. The van der Waals surface area contributed by atoms with Gasteiger partial charge >= 0.3 is 17.9 Å². The van der Waals surface area contributed by atoms with Crippen molar-refractivity contribution < 1.29 is 28.6 Å². The summed E-state index contributed by atoms with van der Waals surface area (Å²) in [6, 6.07) is 0. The molecule has 0 atom stereocenters. The van der Waals surface area contributed by atoms with E-state index in [0.29, 0.717) is 19.3 Å². The molecule has 0 aliphatic rings. The molecule has 0 aliphatic carbocycles. The van der Waals surface area contributed by atoms with Gasteiger partial charge in [-0.25, -0.2) is 0 Å². The van der Waals surface area contributed by atoms with Gasteiger partial charge in [0.1, 0.15) is 13.2 Å². The van der Waals surface area contributed by atoms with E-state index in [1.165, 1.54) is 103 Å². The number of esters is 3. The Balaban J connectivity index is 4.43. The molecule has 0 aromatic heterocycles. The van der Waals surface area contributed by atoms with Crippen molar-refractivity contribution in [2.75, 3.05) is 13.2 Å². The fraction of sp³-hybridized carbons (Fsp3) is 0.721. The summed E-state index contributed by atoms with van der Waals surface area (Å²) in [5, 5.41) is 0. The summed E-state index contributed by atoms with van der Waals surface area (Å²) in [4.78, 5) is 38.1. The van der Waals surface area contributed by atoms with Gasteiger partial charge in [-0.05, 0) is 116 Å². The molecule has 384 valence electrons. The van der Waals surface area contributed by atoms with Gasteiger partial charge in [0, 0.05) is 19.3 Å². The molecule has 0 spiro atoms. The zero-order valence-corrected chi connectivity index (χ0v) is 43.9. The Bertz CT molecular complexity index is 1240. The zero-order chi connectivity index (χ0) is 48.6. The number of hydrogen-bond donors (Lipinski definition) is 0. The Hall–Kier alpha value is -3.41. The van der Waals surface area contributed by atoms with E-state index in [2.05, 4.69) is 106 Å². The Morgan fingerprint density at radius 3 is 0.910 bits per heavy atom. The number of rotatable bonds is 50. The SMILES string of the molecule is CC/C=C\C/C=C\C/C=C\CCCCCCCC(=O)OC(COC(=O)CCCCCCCCC/C=C\C/C=C\CCCCC)COC(=O)CCCCCCCCC/C=C\C/C=C\CCCCC.